The Balaban J connectivity index is 1.68. The van der Waals surface area contributed by atoms with Crippen molar-refractivity contribution in [3.8, 4) is 34.5 Å². The predicted molar refractivity (Wildman–Crippen MR) is 169 cm³/mol. The summed E-state index contributed by atoms with van der Waals surface area (Å²) in [4.78, 5) is 41.9. The number of halogens is 1. The van der Waals surface area contributed by atoms with E-state index in [0.717, 1.165) is 11.3 Å². The first-order valence-electron chi connectivity index (χ1n) is 14.7. The largest absolute Gasteiger partial charge is 0.507 e. The lowest BCUT2D eigenvalue weighted by molar-refractivity contribution is -0.122. The lowest BCUT2D eigenvalue weighted by Crippen LogP contribution is -2.53. The van der Waals surface area contributed by atoms with E-state index >= 15 is 0 Å². The molecule has 1 aliphatic carbocycles. The number of allylic oxidation sites excluding steroid dienone is 1. The van der Waals surface area contributed by atoms with Crippen LogP contribution in [0.3, 0.4) is 0 Å². The second kappa shape index (κ2) is 13.1. The lowest BCUT2D eigenvalue weighted by atomic mass is 9.69. The van der Waals surface area contributed by atoms with Gasteiger partial charge in [0.15, 0.2) is 28.8 Å². The van der Waals surface area contributed by atoms with Crippen molar-refractivity contribution in [2.24, 2.45) is 5.92 Å². The van der Waals surface area contributed by atoms with E-state index in [-0.39, 0.29) is 70.0 Å². The Morgan fingerprint density at radius 1 is 1.06 bits per heavy atom. The van der Waals surface area contributed by atoms with Gasteiger partial charge in [-0.2, -0.15) is 5.10 Å². The van der Waals surface area contributed by atoms with Crippen LogP contribution in [0.2, 0.25) is 5.02 Å². The van der Waals surface area contributed by atoms with Crippen LogP contribution < -0.4 is 33.7 Å². The number of aryl methyl sites for hydroxylation is 1. The second-order valence-electron chi connectivity index (χ2n) is 11.3. The highest BCUT2D eigenvalue weighted by atomic mass is 35.5. The maximum atomic E-state index is 14.4. The molecule has 5 rings (SSSR count). The number of methoxy groups -OCH3 is 5. The Kier molecular flexibility index (Phi) is 9.30. The second-order valence-corrected chi connectivity index (χ2v) is 11.6. The number of hydrogen-bond acceptors (Lipinski definition) is 11. The van der Waals surface area contributed by atoms with Crippen LogP contribution >= 0.6 is 11.6 Å². The summed E-state index contributed by atoms with van der Waals surface area (Å²) >= 11 is 6.60. The molecule has 14 heteroatoms. The van der Waals surface area contributed by atoms with Gasteiger partial charge in [-0.1, -0.05) is 18.5 Å². The molecular formula is C33H36ClN3O10. The van der Waals surface area contributed by atoms with Crippen molar-refractivity contribution in [2.45, 2.75) is 44.8 Å². The number of aromatic amines is 1. The molecule has 250 valence electrons. The highest BCUT2D eigenvalue weighted by Crippen LogP contribution is 2.56. The first-order chi connectivity index (χ1) is 22.5. The smallest absolute Gasteiger partial charge is 0.231 e. The van der Waals surface area contributed by atoms with Crippen LogP contribution in [0.25, 0.3) is 0 Å². The number of Topliss-reactive ketones (excluding diaryl/α,β-unsaturated/α-hetero) is 2. The van der Waals surface area contributed by atoms with E-state index in [1.165, 1.54) is 41.6 Å². The lowest BCUT2D eigenvalue weighted by Gasteiger charge is -2.38. The third-order valence-electron chi connectivity index (χ3n) is 8.75. The van der Waals surface area contributed by atoms with Crippen molar-refractivity contribution in [1.82, 2.24) is 15.5 Å². The van der Waals surface area contributed by atoms with E-state index in [1.54, 1.807) is 25.3 Å². The van der Waals surface area contributed by atoms with Crippen LogP contribution in [0, 0.1) is 12.8 Å². The minimum atomic E-state index is -2.04. The number of aliphatic hydroxyl groups excluding tert-OH is 1. The zero-order valence-corrected chi connectivity index (χ0v) is 27.8. The van der Waals surface area contributed by atoms with Gasteiger partial charge in [0.2, 0.25) is 23.0 Å². The molecule has 0 bridgehead atoms. The SMILES string of the molecule is COc1cc(OC)c2c(c1Cl)O[C@]1(C2=O)C(O)=C(C(CC(=O)NCc2cn[nH]c2C)c2cc(OC)c(OC)c(OC)c2)C(=O)C[C@H]1C. The van der Waals surface area contributed by atoms with Crippen molar-refractivity contribution in [3.05, 3.63) is 63.1 Å². The standard InChI is InChI=1S/C33H36ClN3O10/c1-15-8-20(38)26(31(40)33(15)32(41)27-21(42-3)12-22(43-4)28(34)30(27)47-33)19(11-25(39)35-13-18-14-36-37-16(18)2)17-9-23(44-5)29(46-7)24(10-17)45-6/h9-10,12,14-15,19,40H,8,11,13H2,1-7H3,(H,35,39)(H,36,37)/t15-,19?,33+/m1/s1. The summed E-state index contributed by atoms with van der Waals surface area (Å²) in [6.07, 6.45) is 1.11. The molecule has 3 atom stereocenters. The number of H-pyrrole nitrogens is 1. The molecule has 47 heavy (non-hydrogen) atoms. The number of aliphatic hydroxyl groups is 1. The molecule has 2 aliphatic rings. The number of aromatic nitrogens is 2. The summed E-state index contributed by atoms with van der Waals surface area (Å²) in [5.74, 6) is -3.03. The molecule has 1 aliphatic heterocycles. The highest BCUT2D eigenvalue weighted by molar-refractivity contribution is 6.35. The van der Waals surface area contributed by atoms with Crippen molar-refractivity contribution < 1.29 is 47.9 Å². The first-order valence-corrected chi connectivity index (χ1v) is 15.0. The van der Waals surface area contributed by atoms with Gasteiger partial charge in [-0.3, -0.25) is 19.5 Å². The number of nitrogens with zero attached hydrogens (tertiary/aromatic N) is 1. The van der Waals surface area contributed by atoms with E-state index in [0.29, 0.717) is 5.56 Å². The van der Waals surface area contributed by atoms with Crippen molar-refractivity contribution in [1.29, 1.82) is 0 Å². The zero-order chi connectivity index (χ0) is 34.2. The fourth-order valence-corrected chi connectivity index (χ4v) is 6.50. The summed E-state index contributed by atoms with van der Waals surface area (Å²) in [5, 5.41) is 21.8. The van der Waals surface area contributed by atoms with E-state index < -0.39 is 40.7 Å². The number of amides is 1. The molecule has 1 aromatic heterocycles. The normalized spacial score (nSPS) is 19.3. The van der Waals surface area contributed by atoms with Gasteiger partial charge in [0.1, 0.15) is 22.1 Å². The Labute approximate surface area is 276 Å². The Morgan fingerprint density at radius 2 is 1.70 bits per heavy atom. The number of fused-ring (bicyclic) bond motifs is 1. The topological polar surface area (TPSA) is 168 Å². The molecule has 2 heterocycles. The van der Waals surface area contributed by atoms with Crippen LogP contribution in [0.15, 0.2) is 35.7 Å². The third kappa shape index (κ3) is 5.47. The number of carbonyl (C=O) groups is 3. The molecule has 0 saturated carbocycles. The summed E-state index contributed by atoms with van der Waals surface area (Å²) in [7, 11) is 7.09. The molecular weight excluding hydrogens is 634 g/mol. The summed E-state index contributed by atoms with van der Waals surface area (Å²) < 4.78 is 33.7. The van der Waals surface area contributed by atoms with Crippen LogP contribution in [-0.2, 0) is 16.1 Å². The molecule has 1 amide bonds. The molecule has 0 radical (unpaired) electrons. The number of carbonyl (C=O) groups excluding carboxylic acids is 3. The fourth-order valence-electron chi connectivity index (χ4n) is 6.23. The highest BCUT2D eigenvalue weighted by Gasteiger charge is 2.61. The van der Waals surface area contributed by atoms with Crippen LogP contribution in [0.1, 0.15) is 52.9 Å². The molecule has 1 spiro atoms. The third-order valence-corrected chi connectivity index (χ3v) is 9.11. The van der Waals surface area contributed by atoms with Gasteiger partial charge in [0, 0.05) is 54.1 Å². The molecule has 0 fully saturated rings. The number of nitrogens with one attached hydrogen (secondary N) is 2. The molecule has 13 nitrogen and oxygen atoms in total. The van der Waals surface area contributed by atoms with Gasteiger partial charge in [0.05, 0.1) is 41.7 Å². The van der Waals surface area contributed by atoms with Crippen LogP contribution in [0.4, 0.5) is 0 Å². The van der Waals surface area contributed by atoms with Gasteiger partial charge in [-0.25, -0.2) is 0 Å². The van der Waals surface area contributed by atoms with Crippen molar-refractivity contribution >= 4 is 29.1 Å². The van der Waals surface area contributed by atoms with Gasteiger partial charge in [0.25, 0.3) is 0 Å². The van der Waals surface area contributed by atoms with E-state index in [1.807, 2.05) is 6.92 Å². The minimum Gasteiger partial charge on any atom is -0.507 e. The number of benzene rings is 2. The Bertz CT molecular complexity index is 1760. The maximum absolute atomic E-state index is 14.4. The fraction of sp³-hybridized carbons (Fsp3) is 0.394. The number of ketones is 2. The molecule has 2 aromatic carbocycles. The van der Waals surface area contributed by atoms with E-state index in [2.05, 4.69) is 15.5 Å². The van der Waals surface area contributed by atoms with Gasteiger partial charge < -0.3 is 38.8 Å². The summed E-state index contributed by atoms with van der Waals surface area (Å²) in [5.41, 5.74) is -0.271. The van der Waals surface area contributed by atoms with Gasteiger partial charge in [-0.15, -0.1) is 0 Å². The molecule has 1 unspecified atom stereocenters. The zero-order valence-electron chi connectivity index (χ0n) is 27.0. The predicted octanol–water partition coefficient (Wildman–Crippen LogP) is 4.64. The van der Waals surface area contributed by atoms with Crippen LogP contribution in [-0.4, -0.2) is 73.9 Å². The Hall–Kier alpha value is -4.91. The van der Waals surface area contributed by atoms with Crippen molar-refractivity contribution in [3.63, 3.8) is 0 Å². The van der Waals surface area contributed by atoms with Gasteiger partial charge in [-0.05, 0) is 24.6 Å². The quantitative estimate of drug-likeness (QED) is 0.260. The average Bonchev–Trinajstić information content (AvgIpc) is 3.62. The summed E-state index contributed by atoms with van der Waals surface area (Å²) in [6.45, 7) is 3.62. The van der Waals surface area contributed by atoms with Crippen LogP contribution in [0.5, 0.6) is 34.5 Å². The molecule has 3 aromatic rings. The maximum Gasteiger partial charge on any atom is 0.231 e. The molecule has 0 saturated heterocycles. The van der Waals surface area contributed by atoms with Crippen molar-refractivity contribution in [2.75, 3.05) is 35.5 Å². The number of hydrogen-bond donors (Lipinski definition) is 3. The monoisotopic (exact) mass is 669 g/mol. The molecule has 3 N–H and O–H groups in total. The Morgan fingerprint density at radius 3 is 2.26 bits per heavy atom. The summed E-state index contributed by atoms with van der Waals surface area (Å²) in [6, 6.07) is 4.63. The van der Waals surface area contributed by atoms with Gasteiger partial charge >= 0.3 is 0 Å². The minimum absolute atomic E-state index is 0.00192. The van der Waals surface area contributed by atoms with E-state index in [9.17, 15) is 19.5 Å². The first kappa shape index (κ1) is 33.5. The number of rotatable bonds is 11. The number of ether oxygens (including phenoxy) is 6. The van der Waals surface area contributed by atoms with E-state index in [4.69, 9.17) is 40.0 Å². The average molecular weight is 670 g/mol.